The number of nitrogens with zero attached hydrogens (tertiary/aromatic N) is 1. The number of rotatable bonds is 3. The molecule has 1 unspecified atom stereocenters. The summed E-state index contributed by atoms with van der Waals surface area (Å²) >= 11 is 0. The summed E-state index contributed by atoms with van der Waals surface area (Å²) in [6, 6.07) is 0.980. The molecule has 0 amide bonds. The Kier molecular flexibility index (Phi) is 3.42. The normalized spacial score (nSPS) is 30.5. The highest BCUT2D eigenvalue weighted by Crippen LogP contribution is 2.45. The van der Waals surface area contributed by atoms with E-state index in [4.69, 9.17) is 0 Å². The first kappa shape index (κ1) is 13.1. The second kappa shape index (κ2) is 4.43. The van der Waals surface area contributed by atoms with Crippen molar-refractivity contribution in [3.05, 3.63) is 0 Å². The molecular weight excluding hydrogens is 229 g/mol. The van der Waals surface area contributed by atoms with Crippen LogP contribution in [0.3, 0.4) is 0 Å². The van der Waals surface area contributed by atoms with E-state index in [2.05, 4.69) is 19.2 Å². The summed E-state index contributed by atoms with van der Waals surface area (Å²) in [6.07, 6.45) is -1.19. The van der Waals surface area contributed by atoms with Crippen LogP contribution in [-0.4, -0.2) is 42.8 Å². The SMILES string of the molecule is CC1(C)CC1NC1CCN(CC(F)(F)F)CC1. The summed E-state index contributed by atoms with van der Waals surface area (Å²) < 4.78 is 36.6. The van der Waals surface area contributed by atoms with E-state index in [-0.39, 0.29) is 0 Å². The summed E-state index contributed by atoms with van der Waals surface area (Å²) in [7, 11) is 0. The van der Waals surface area contributed by atoms with Gasteiger partial charge in [-0.2, -0.15) is 13.2 Å². The highest BCUT2D eigenvalue weighted by Gasteiger charge is 2.46. The summed E-state index contributed by atoms with van der Waals surface area (Å²) in [4.78, 5) is 1.51. The molecule has 0 spiro atoms. The third-order valence-corrected chi connectivity index (χ3v) is 3.94. The van der Waals surface area contributed by atoms with Crippen molar-refractivity contribution in [2.75, 3.05) is 19.6 Å². The van der Waals surface area contributed by atoms with Gasteiger partial charge >= 0.3 is 6.18 Å². The van der Waals surface area contributed by atoms with Gasteiger partial charge < -0.3 is 5.32 Å². The van der Waals surface area contributed by atoms with E-state index in [1.165, 1.54) is 11.3 Å². The number of nitrogens with one attached hydrogen (secondary N) is 1. The lowest BCUT2D eigenvalue weighted by Gasteiger charge is -2.33. The minimum atomic E-state index is -4.06. The fraction of sp³-hybridized carbons (Fsp3) is 1.00. The Morgan fingerprint density at radius 1 is 1.24 bits per heavy atom. The van der Waals surface area contributed by atoms with Gasteiger partial charge in [0.15, 0.2) is 0 Å². The van der Waals surface area contributed by atoms with Crippen molar-refractivity contribution in [2.24, 2.45) is 5.41 Å². The van der Waals surface area contributed by atoms with Gasteiger partial charge in [-0.1, -0.05) is 13.8 Å². The zero-order valence-corrected chi connectivity index (χ0v) is 10.5. The van der Waals surface area contributed by atoms with E-state index in [9.17, 15) is 13.2 Å². The second-order valence-corrected chi connectivity index (χ2v) is 6.08. The van der Waals surface area contributed by atoms with E-state index in [1.807, 2.05) is 0 Å². The number of hydrogen-bond acceptors (Lipinski definition) is 2. The quantitative estimate of drug-likeness (QED) is 0.827. The molecule has 2 rings (SSSR count). The number of alkyl halides is 3. The highest BCUT2D eigenvalue weighted by molar-refractivity contribution is 5.03. The molecule has 17 heavy (non-hydrogen) atoms. The molecule has 1 saturated heterocycles. The predicted molar refractivity (Wildman–Crippen MR) is 60.8 cm³/mol. The molecule has 0 aromatic carbocycles. The zero-order valence-electron chi connectivity index (χ0n) is 10.5. The van der Waals surface area contributed by atoms with Gasteiger partial charge in [-0.3, -0.25) is 4.90 Å². The lowest BCUT2D eigenvalue weighted by atomic mass is 10.0. The molecule has 2 fully saturated rings. The Labute approximate surface area is 101 Å². The third kappa shape index (κ3) is 3.85. The van der Waals surface area contributed by atoms with Gasteiger partial charge in [0, 0.05) is 12.1 Å². The maximum atomic E-state index is 12.2. The molecule has 0 radical (unpaired) electrons. The summed E-state index contributed by atoms with van der Waals surface area (Å²) in [5, 5.41) is 3.56. The van der Waals surface area contributed by atoms with Crippen LogP contribution in [-0.2, 0) is 0 Å². The fourth-order valence-electron chi connectivity index (χ4n) is 2.55. The van der Waals surface area contributed by atoms with Gasteiger partial charge in [0.1, 0.15) is 0 Å². The minimum absolute atomic E-state index is 0.392. The van der Waals surface area contributed by atoms with E-state index in [0.29, 0.717) is 30.6 Å². The number of likely N-dealkylation sites (tertiary alicyclic amines) is 1. The van der Waals surface area contributed by atoms with Crippen LogP contribution in [0.4, 0.5) is 13.2 Å². The molecule has 1 N–H and O–H groups in total. The van der Waals surface area contributed by atoms with Crippen molar-refractivity contribution >= 4 is 0 Å². The van der Waals surface area contributed by atoms with Crippen LogP contribution in [0.25, 0.3) is 0 Å². The van der Waals surface area contributed by atoms with Crippen molar-refractivity contribution in [1.82, 2.24) is 10.2 Å². The first-order valence-electron chi connectivity index (χ1n) is 6.31. The molecule has 1 aliphatic carbocycles. The van der Waals surface area contributed by atoms with E-state index < -0.39 is 12.7 Å². The Balaban J connectivity index is 1.68. The van der Waals surface area contributed by atoms with Crippen molar-refractivity contribution in [1.29, 1.82) is 0 Å². The maximum Gasteiger partial charge on any atom is 0.401 e. The molecule has 2 nitrogen and oxygen atoms in total. The maximum absolute atomic E-state index is 12.2. The Morgan fingerprint density at radius 3 is 2.18 bits per heavy atom. The van der Waals surface area contributed by atoms with Gasteiger partial charge in [0.05, 0.1) is 6.54 Å². The van der Waals surface area contributed by atoms with Gasteiger partial charge in [-0.15, -0.1) is 0 Å². The lowest BCUT2D eigenvalue weighted by Crippen LogP contribution is -2.46. The first-order valence-corrected chi connectivity index (χ1v) is 6.31. The van der Waals surface area contributed by atoms with Crippen LogP contribution in [0.2, 0.25) is 0 Å². The molecule has 0 bridgehead atoms. The lowest BCUT2D eigenvalue weighted by molar-refractivity contribution is -0.148. The zero-order chi connectivity index (χ0) is 12.7. The fourth-order valence-corrected chi connectivity index (χ4v) is 2.55. The smallest absolute Gasteiger partial charge is 0.311 e. The van der Waals surface area contributed by atoms with Crippen LogP contribution >= 0.6 is 0 Å². The Hall–Kier alpha value is -0.290. The van der Waals surface area contributed by atoms with E-state index >= 15 is 0 Å². The topological polar surface area (TPSA) is 15.3 Å². The molecule has 1 aliphatic heterocycles. The van der Waals surface area contributed by atoms with Crippen LogP contribution in [0.1, 0.15) is 33.1 Å². The van der Waals surface area contributed by atoms with Crippen molar-refractivity contribution < 1.29 is 13.2 Å². The largest absolute Gasteiger partial charge is 0.401 e. The molecule has 100 valence electrons. The molecular formula is C12H21F3N2. The average Bonchev–Trinajstić information content (AvgIpc) is 2.75. The van der Waals surface area contributed by atoms with E-state index in [0.717, 1.165) is 12.8 Å². The van der Waals surface area contributed by atoms with Gasteiger partial charge in [0.2, 0.25) is 0 Å². The van der Waals surface area contributed by atoms with Gasteiger partial charge in [-0.25, -0.2) is 0 Å². The van der Waals surface area contributed by atoms with Crippen molar-refractivity contribution in [2.45, 2.75) is 51.4 Å². The standard InChI is InChI=1S/C12H21F3N2/c1-11(2)7-10(11)16-9-3-5-17(6-4-9)8-12(13,14)15/h9-10,16H,3-8H2,1-2H3. The van der Waals surface area contributed by atoms with E-state index in [1.54, 1.807) is 0 Å². The number of piperidine rings is 1. The molecule has 1 saturated carbocycles. The first-order chi connectivity index (χ1) is 7.76. The predicted octanol–water partition coefficient (Wildman–Crippen LogP) is 2.40. The molecule has 1 atom stereocenters. The Bertz CT molecular complexity index is 267. The van der Waals surface area contributed by atoms with Crippen LogP contribution in [0.5, 0.6) is 0 Å². The number of hydrogen-bond donors (Lipinski definition) is 1. The molecule has 0 aromatic rings. The van der Waals surface area contributed by atoms with Gasteiger partial charge in [-0.05, 0) is 37.8 Å². The van der Waals surface area contributed by atoms with Crippen molar-refractivity contribution in [3.63, 3.8) is 0 Å². The van der Waals surface area contributed by atoms with Crippen LogP contribution < -0.4 is 5.32 Å². The van der Waals surface area contributed by atoms with Crippen LogP contribution in [0.15, 0.2) is 0 Å². The summed E-state index contributed by atoms with van der Waals surface area (Å²) in [5.41, 5.74) is 0.392. The van der Waals surface area contributed by atoms with Crippen LogP contribution in [0, 0.1) is 5.41 Å². The summed E-state index contributed by atoms with van der Waals surface area (Å²) in [6.45, 7) is 4.82. The number of halogens is 3. The Morgan fingerprint density at radius 2 is 1.76 bits per heavy atom. The van der Waals surface area contributed by atoms with Gasteiger partial charge in [0.25, 0.3) is 0 Å². The average molecular weight is 250 g/mol. The molecule has 2 aliphatic rings. The highest BCUT2D eigenvalue weighted by atomic mass is 19.4. The molecule has 1 heterocycles. The second-order valence-electron chi connectivity index (χ2n) is 6.08. The third-order valence-electron chi connectivity index (χ3n) is 3.94. The monoisotopic (exact) mass is 250 g/mol. The molecule has 0 aromatic heterocycles. The molecule has 5 heteroatoms. The van der Waals surface area contributed by atoms with Crippen molar-refractivity contribution in [3.8, 4) is 0 Å². The summed E-state index contributed by atoms with van der Waals surface area (Å²) in [5.74, 6) is 0. The minimum Gasteiger partial charge on any atom is -0.311 e.